The van der Waals surface area contributed by atoms with Crippen LogP contribution in [0.3, 0.4) is 0 Å². The van der Waals surface area contributed by atoms with Crippen molar-refractivity contribution in [3.05, 3.63) is 15.8 Å². The fraction of sp³-hybridized carbons (Fsp3) is 0.636. The molecular formula is C22H29NO5S. The molecule has 7 heteroatoms. The van der Waals surface area contributed by atoms with E-state index in [-0.39, 0.29) is 28.2 Å². The van der Waals surface area contributed by atoms with Crippen LogP contribution in [0.4, 0.5) is 5.69 Å². The van der Waals surface area contributed by atoms with Gasteiger partial charge in [0.2, 0.25) is 0 Å². The molecule has 1 aliphatic heterocycles. The Bertz CT molecular complexity index is 822. The van der Waals surface area contributed by atoms with Crippen LogP contribution in [0.1, 0.15) is 67.4 Å². The molecule has 2 unspecified atom stereocenters. The zero-order chi connectivity index (χ0) is 21.2. The number of carboxylic acid groups (broad SMARTS) is 1. The first-order chi connectivity index (χ1) is 13.7. The third-order valence-electron chi connectivity index (χ3n) is 5.40. The quantitative estimate of drug-likeness (QED) is 0.729. The number of hydrogen-bond acceptors (Lipinski definition) is 5. The van der Waals surface area contributed by atoms with Gasteiger partial charge >= 0.3 is 5.97 Å². The molecule has 1 aromatic rings. The van der Waals surface area contributed by atoms with Gasteiger partial charge in [-0.25, -0.2) is 4.79 Å². The number of carbonyl (C=O) groups is 2. The van der Waals surface area contributed by atoms with E-state index in [0.717, 1.165) is 37.0 Å². The first-order valence-electron chi connectivity index (χ1n) is 10.2. The molecule has 2 aliphatic rings. The molecule has 0 aromatic carbocycles. The maximum absolute atomic E-state index is 13.1. The summed E-state index contributed by atoms with van der Waals surface area (Å²) < 4.78 is 5.64. The molecule has 1 aromatic heterocycles. The van der Waals surface area contributed by atoms with E-state index in [4.69, 9.17) is 4.74 Å². The lowest BCUT2D eigenvalue weighted by Gasteiger charge is -2.43. The molecule has 2 heterocycles. The molecule has 158 valence electrons. The van der Waals surface area contributed by atoms with Crippen molar-refractivity contribution >= 4 is 28.9 Å². The highest BCUT2D eigenvalue weighted by atomic mass is 32.1. The summed E-state index contributed by atoms with van der Waals surface area (Å²) in [6, 6.07) is 1.49. The number of morpholine rings is 1. The van der Waals surface area contributed by atoms with E-state index in [1.807, 2.05) is 20.8 Å². The van der Waals surface area contributed by atoms with E-state index in [1.165, 1.54) is 6.42 Å². The van der Waals surface area contributed by atoms with Gasteiger partial charge in [0, 0.05) is 5.41 Å². The summed E-state index contributed by atoms with van der Waals surface area (Å²) in [6.45, 7) is 5.85. The number of thiophene rings is 1. The standard InChI is InChI=1S/C22H29NO5S/c1-22(2,3)10-9-15-11-16(19(29-15)21(26)27)23-17(14-7-5-4-6-8-14)13-28-18(12-24)20(23)25/h11,14,17-18,24H,4-8,12-13H2,1-3H3,(H,26,27). The number of aromatic carboxylic acids is 1. The Hall–Kier alpha value is -1.88. The van der Waals surface area contributed by atoms with Gasteiger partial charge in [0.15, 0.2) is 6.10 Å². The molecule has 6 nitrogen and oxygen atoms in total. The minimum Gasteiger partial charge on any atom is -0.477 e. The summed E-state index contributed by atoms with van der Waals surface area (Å²) in [5, 5.41) is 19.4. The van der Waals surface area contributed by atoms with E-state index < -0.39 is 18.7 Å². The Morgan fingerprint density at radius 3 is 2.59 bits per heavy atom. The molecular weight excluding hydrogens is 390 g/mol. The summed E-state index contributed by atoms with van der Waals surface area (Å²) in [7, 11) is 0. The predicted molar refractivity (Wildman–Crippen MR) is 112 cm³/mol. The van der Waals surface area contributed by atoms with Crippen molar-refractivity contribution in [1.82, 2.24) is 0 Å². The lowest BCUT2D eigenvalue weighted by Crippen LogP contribution is -2.58. The molecule has 0 bridgehead atoms. The van der Waals surface area contributed by atoms with Gasteiger partial charge < -0.3 is 19.8 Å². The summed E-state index contributed by atoms with van der Waals surface area (Å²) in [5.74, 6) is 5.00. The minimum absolute atomic E-state index is 0.107. The fourth-order valence-electron chi connectivity index (χ4n) is 4.00. The minimum atomic E-state index is -1.07. The zero-order valence-electron chi connectivity index (χ0n) is 17.2. The van der Waals surface area contributed by atoms with E-state index in [0.29, 0.717) is 17.2 Å². The number of hydrogen-bond donors (Lipinski definition) is 2. The van der Waals surface area contributed by atoms with Gasteiger partial charge in [-0.15, -0.1) is 11.3 Å². The number of anilines is 1. The highest BCUT2D eigenvalue weighted by Gasteiger charge is 2.42. The molecule has 2 atom stereocenters. The van der Waals surface area contributed by atoms with Crippen LogP contribution in [0, 0.1) is 23.2 Å². The van der Waals surface area contributed by atoms with Gasteiger partial charge in [0.25, 0.3) is 5.91 Å². The summed E-state index contributed by atoms with van der Waals surface area (Å²) in [5.41, 5.74) is 0.164. The van der Waals surface area contributed by atoms with Crippen LogP contribution in [-0.4, -0.2) is 47.4 Å². The molecule has 2 N–H and O–H groups in total. The van der Waals surface area contributed by atoms with Crippen molar-refractivity contribution in [3.63, 3.8) is 0 Å². The van der Waals surface area contributed by atoms with Crippen LogP contribution < -0.4 is 4.90 Å². The Labute approximate surface area is 175 Å². The summed E-state index contributed by atoms with van der Waals surface area (Å²) >= 11 is 1.09. The second kappa shape index (κ2) is 8.86. The molecule has 0 radical (unpaired) electrons. The van der Waals surface area contributed by atoms with Gasteiger partial charge in [-0.2, -0.15) is 0 Å². The molecule has 1 saturated heterocycles. The third kappa shape index (κ3) is 5.00. The van der Waals surface area contributed by atoms with Gasteiger partial charge in [0.05, 0.1) is 29.8 Å². The van der Waals surface area contributed by atoms with E-state index in [9.17, 15) is 19.8 Å². The highest BCUT2D eigenvalue weighted by Crippen LogP contribution is 2.38. The van der Waals surface area contributed by atoms with Crippen LogP contribution in [0.25, 0.3) is 0 Å². The van der Waals surface area contributed by atoms with E-state index in [2.05, 4.69) is 11.8 Å². The molecule has 1 saturated carbocycles. The number of carboxylic acids is 1. The maximum Gasteiger partial charge on any atom is 0.348 e. The third-order valence-corrected chi connectivity index (χ3v) is 6.43. The largest absolute Gasteiger partial charge is 0.477 e. The van der Waals surface area contributed by atoms with E-state index >= 15 is 0 Å². The molecule has 0 spiro atoms. The van der Waals surface area contributed by atoms with Crippen molar-refractivity contribution in [1.29, 1.82) is 0 Å². The van der Waals surface area contributed by atoms with Crippen molar-refractivity contribution in [2.45, 2.75) is 65.0 Å². The number of ether oxygens (including phenoxy) is 1. The normalized spacial score (nSPS) is 23.6. The van der Waals surface area contributed by atoms with Crippen LogP contribution in [0.2, 0.25) is 0 Å². The maximum atomic E-state index is 13.1. The van der Waals surface area contributed by atoms with Crippen molar-refractivity contribution in [2.75, 3.05) is 18.1 Å². The molecule has 2 fully saturated rings. The number of aliphatic hydroxyl groups excluding tert-OH is 1. The van der Waals surface area contributed by atoms with Gasteiger partial charge in [-0.1, -0.05) is 31.1 Å². The van der Waals surface area contributed by atoms with Crippen LogP contribution in [-0.2, 0) is 9.53 Å². The summed E-state index contributed by atoms with van der Waals surface area (Å²) in [6.07, 6.45) is 4.41. The number of rotatable bonds is 4. The topological polar surface area (TPSA) is 87.1 Å². The Kier molecular flexibility index (Phi) is 6.67. The first-order valence-corrected chi connectivity index (χ1v) is 11.0. The lowest BCUT2D eigenvalue weighted by molar-refractivity contribution is -0.140. The number of aliphatic hydroxyl groups is 1. The Morgan fingerprint density at radius 1 is 1.31 bits per heavy atom. The Morgan fingerprint density at radius 2 is 2.00 bits per heavy atom. The van der Waals surface area contributed by atoms with Gasteiger partial charge in [-0.3, -0.25) is 4.79 Å². The van der Waals surface area contributed by atoms with Crippen LogP contribution >= 0.6 is 11.3 Å². The lowest BCUT2D eigenvalue weighted by atomic mass is 9.82. The second-order valence-corrected chi connectivity index (χ2v) is 9.86. The number of amides is 1. The smallest absolute Gasteiger partial charge is 0.348 e. The number of carbonyl (C=O) groups excluding carboxylic acids is 1. The van der Waals surface area contributed by atoms with Crippen LogP contribution in [0.15, 0.2) is 6.07 Å². The zero-order valence-corrected chi connectivity index (χ0v) is 18.1. The molecule has 1 aliphatic carbocycles. The molecule has 1 amide bonds. The molecule has 3 rings (SSSR count). The fourth-order valence-corrected chi connectivity index (χ4v) is 4.84. The average molecular weight is 420 g/mol. The molecule has 29 heavy (non-hydrogen) atoms. The van der Waals surface area contributed by atoms with Crippen molar-refractivity contribution < 1.29 is 24.5 Å². The first kappa shape index (κ1) is 21.8. The van der Waals surface area contributed by atoms with Gasteiger partial charge in [-0.05, 0) is 45.6 Å². The van der Waals surface area contributed by atoms with Crippen LogP contribution in [0.5, 0.6) is 0 Å². The summed E-state index contributed by atoms with van der Waals surface area (Å²) in [4.78, 5) is 27.4. The monoisotopic (exact) mass is 419 g/mol. The average Bonchev–Trinajstić information content (AvgIpc) is 3.10. The van der Waals surface area contributed by atoms with Crippen molar-refractivity contribution in [3.8, 4) is 11.8 Å². The number of nitrogens with zero attached hydrogens (tertiary/aromatic N) is 1. The predicted octanol–water partition coefficient (Wildman–Crippen LogP) is 3.52. The van der Waals surface area contributed by atoms with E-state index in [1.54, 1.807) is 11.0 Å². The highest BCUT2D eigenvalue weighted by molar-refractivity contribution is 7.15. The van der Waals surface area contributed by atoms with Crippen molar-refractivity contribution in [2.24, 2.45) is 11.3 Å². The Balaban J connectivity index is 2.04. The second-order valence-electron chi connectivity index (χ2n) is 8.81. The van der Waals surface area contributed by atoms with Gasteiger partial charge in [0.1, 0.15) is 4.88 Å². The SMILES string of the molecule is CC(C)(C)C#Cc1cc(N2C(=O)C(CO)OCC2C2CCCCC2)c(C(=O)O)s1.